The molecule has 5 rings (SSSR count). The van der Waals surface area contributed by atoms with Gasteiger partial charge < -0.3 is 21.2 Å². The van der Waals surface area contributed by atoms with Gasteiger partial charge in [-0.15, -0.1) is 11.3 Å². The molecule has 35 heavy (non-hydrogen) atoms. The molecular formula is C23H26N6O4S2. The number of nitrogens with two attached hydrogens (primary N) is 1. The van der Waals surface area contributed by atoms with Crippen molar-refractivity contribution in [2.75, 3.05) is 26.2 Å². The molecule has 1 amide bonds. The molecule has 1 fully saturated rings. The van der Waals surface area contributed by atoms with Gasteiger partial charge in [-0.2, -0.15) is 4.31 Å². The maximum Gasteiger partial charge on any atom is 0.282 e. The van der Waals surface area contributed by atoms with Crippen LogP contribution in [0.2, 0.25) is 0 Å². The van der Waals surface area contributed by atoms with Crippen LogP contribution in [-0.2, 0) is 23.0 Å². The molecule has 0 bridgehead atoms. The number of carbonyl (C=O) groups is 1. The van der Waals surface area contributed by atoms with Gasteiger partial charge in [-0.1, -0.05) is 23.4 Å². The number of carbonyl (C=O) groups excluding carboxylic acids is 1. The average Bonchev–Trinajstić information content (AvgIpc) is 3.30. The molecule has 2 aromatic carbocycles. The van der Waals surface area contributed by atoms with E-state index < -0.39 is 10.0 Å². The summed E-state index contributed by atoms with van der Waals surface area (Å²) in [5, 5.41) is 17.2. The third kappa shape index (κ3) is 4.49. The van der Waals surface area contributed by atoms with E-state index in [9.17, 15) is 13.2 Å². The van der Waals surface area contributed by atoms with Crippen molar-refractivity contribution in [3.63, 3.8) is 0 Å². The van der Waals surface area contributed by atoms with Crippen LogP contribution in [0.4, 0.5) is 0 Å². The SMILES string of the molecule is CC1Cc2nc(C(=O)N3CCN(S(=O)(=O)c4ccc5cc(/C(N)=N\O)ccc5c4)CC3)sc2CN1. The first-order valence-electron chi connectivity index (χ1n) is 11.3. The van der Waals surface area contributed by atoms with Crippen molar-refractivity contribution in [1.29, 1.82) is 0 Å². The fourth-order valence-corrected chi connectivity index (χ4v) is 6.88. The molecule has 4 N–H and O–H groups in total. The van der Waals surface area contributed by atoms with Crippen LogP contribution < -0.4 is 11.1 Å². The summed E-state index contributed by atoms with van der Waals surface area (Å²) in [6, 6.07) is 10.4. The van der Waals surface area contributed by atoms with Crippen LogP contribution in [0.1, 0.15) is 32.9 Å². The van der Waals surface area contributed by atoms with Crippen LogP contribution in [0.15, 0.2) is 46.4 Å². The van der Waals surface area contributed by atoms with E-state index >= 15 is 0 Å². The minimum absolute atomic E-state index is 0.0137. The zero-order valence-electron chi connectivity index (χ0n) is 19.1. The minimum Gasteiger partial charge on any atom is -0.409 e. The van der Waals surface area contributed by atoms with Crippen molar-refractivity contribution in [2.45, 2.75) is 30.8 Å². The Labute approximate surface area is 207 Å². The summed E-state index contributed by atoms with van der Waals surface area (Å²) in [4.78, 5) is 20.6. The monoisotopic (exact) mass is 514 g/mol. The van der Waals surface area contributed by atoms with Crippen molar-refractivity contribution in [2.24, 2.45) is 10.9 Å². The van der Waals surface area contributed by atoms with E-state index in [0.717, 1.165) is 34.3 Å². The summed E-state index contributed by atoms with van der Waals surface area (Å²) >= 11 is 1.42. The number of aromatic nitrogens is 1. The number of nitrogens with one attached hydrogen (secondary N) is 1. The summed E-state index contributed by atoms with van der Waals surface area (Å²) in [6.07, 6.45) is 0.806. The molecule has 1 saturated heterocycles. The summed E-state index contributed by atoms with van der Waals surface area (Å²) < 4.78 is 28.0. The number of rotatable bonds is 4. The molecule has 2 aliphatic heterocycles. The fraction of sp³-hybridized carbons (Fsp3) is 0.348. The second-order valence-corrected chi connectivity index (χ2v) is 11.8. The van der Waals surface area contributed by atoms with Crippen molar-refractivity contribution in [1.82, 2.24) is 19.5 Å². The Hall–Kier alpha value is -3.06. The predicted octanol–water partition coefficient (Wildman–Crippen LogP) is 1.57. The smallest absolute Gasteiger partial charge is 0.282 e. The van der Waals surface area contributed by atoms with E-state index in [1.807, 2.05) is 0 Å². The number of amides is 1. The Kier molecular flexibility index (Phi) is 6.21. The van der Waals surface area contributed by atoms with E-state index in [0.29, 0.717) is 29.7 Å². The molecule has 1 aromatic heterocycles. The molecule has 3 aromatic rings. The topological polar surface area (TPSA) is 141 Å². The van der Waals surface area contributed by atoms with Crippen LogP contribution in [0, 0.1) is 0 Å². The lowest BCUT2D eigenvalue weighted by Crippen LogP contribution is -2.50. The lowest BCUT2D eigenvalue weighted by Gasteiger charge is -2.33. The second-order valence-electron chi connectivity index (χ2n) is 8.78. The molecule has 0 spiro atoms. The number of amidine groups is 1. The maximum absolute atomic E-state index is 13.3. The van der Waals surface area contributed by atoms with E-state index in [-0.39, 0.29) is 29.7 Å². The standard InChI is InChI=1S/C23H26N6O4S2/c1-14-10-19-20(13-25-14)34-22(26-19)23(30)28-6-8-29(9-7-28)35(32,33)18-5-4-15-11-17(21(24)27-31)3-2-16(15)12-18/h2-5,11-12,14,25,31H,6-10,13H2,1H3,(H2,24,27). The van der Waals surface area contributed by atoms with Crippen molar-refractivity contribution in [3.8, 4) is 0 Å². The Morgan fingerprint density at radius 1 is 1.17 bits per heavy atom. The van der Waals surface area contributed by atoms with Crippen molar-refractivity contribution >= 4 is 43.9 Å². The Morgan fingerprint density at radius 2 is 1.89 bits per heavy atom. The first-order valence-corrected chi connectivity index (χ1v) is 13.5. The molecule has 2 aliphatic rings. The van der Waals surface area contributed by atoms with Gasteiger partial charge in [0.1, 0.15) is 0 Å². The summed E-state index contributed by atoms with van der Waals surface area (Å²) in [5.41, 5.74) is 7.18. The minimum atomic E-state index is -3.72. The number of fused-ring (bicyclic) bond motifs is 2. The van der Waals surface area contributed by atoms with Crippen molar-refractivity contribution < 1.29 is 18.4 Å². The van der Waals surface area contributed by atoms with Gasteiger partial charge in [0.2, 0.25) is 10.0 Å². The number of sulfonamides is 1. The van der Waals surface area contributed by atoms with Crippen LogP contribution >= 0.6 is 11.3 Å². The molecule has 3 heterocycles. The number of hydrogen-bond acceptors (Lipinski definition) is 8. The summed E-state index contributed by atoms with van der Waals surface area (Å²) in [7, 11) is -3.72. The van der Waals surface area contributed by atoms with Crippen LogP contribution in [0.5, 0.6) is 0 Å². The van der Waals surface area contributed by atoms with Gasteiger partial charge >= 0.3 is 0 Å². The van der Waals surface area contributed by atoms with E-state index in [4.69, 9.17) is 10.9 Å². The highest BCUT2D eigenvalue weighted by Gasteiger charge is 2.32. The third-order valence-corrected chi connectivity index (χ3v) is 9.43. The van der Waals surface area contributed by atoms with Gasteiger partial charge in [0.25, 0.3) is 5.91 Å². The van der Waals surface area contributed by atoms with E-state index in [1.54, 1.807) is 41.3 Å². The van der Waals surface area contributed by atoms with E-state index in [2.05, 4.69) is 22.4 Å². The van der Waals surface area contributed by atoms with Gasteiger partial charge in [0.05, 0.1) is 10.6 Å². The van der Waals surface area contributed by atoms with Gasteiger partial charge in [-0.05, 0) is 35.9 Å². The van der Waals surface area contributed by atoms with Gasteiger partial charge in [-0.25, -0.2) is 13.4 Å². The second kappa shape index (κ2) is 9.19. The maximum atomic E-state index is 13.3. The Balaban J connectivity index is 1.28. The van der Waals surface area contributed by atoms with Gasteiger partial charge in [0.15, 0.2) is 10.8 Å². The van der Waals surface area contributed by atoms with Crippen LogP contribution in [0.3, 0.4) is 0 Å². The Bertz CT molecular complexity index is 1430. The Morgan fingerprint density at radius 3 is 2.63 bits per heavy atom. The van der Waals surface area contributed by atoms with Gasteiger partial charge in [0, 0.05) is 55.6 Å². The molecule has 1 atom stereocenters. The van der Waals surface area contributed by atoms with Gasteiger partial charge in [-0.3, -0.25) is 4.79 Å². The van der Waals surface area contributed by atoms with E-state index in [1.165, 1.54) is 15.6 Å². The zero-order chi connectivity index (χ0) is 24.7. The molecular weight excluding hydrogens is 488 g/mol. The number of thiazole rings is 1. The average molecular weight is 515 g/mol. The molecule has 0 saturated carbocycles. The fourth-order valence-electron chi connectivity index (χ4n) is 4.42. The predicted molar refractivity (Wildman–Crippen MR) is 133 cm³/mol. The lowest BCUT2D eigenvalue weighted by atomic mass is 10.1. The highest BCUT2D eigenvalue weighted by atomic mass is 32.2. The van der Waals surface area contributed by atoms with Crippen molar-refractivity contribution in [3.05, 3.63) is 57.5 Å². The number of oxime groups is 1. The molecule has 184 valence electrons. The molecule has 10 nitrogen and oxygen atoms in total. The molecule has 12 heteroatoms. The quantitative estimate of drug-likeness (QED) is 0.208. The third-order valence-electron chi connectivity index (χ3n) is 6.45. The zero-order valence-corrected chi connectivity index (χ0v) is 20.8. The number of piperazine rings is 1. The summed E-state index contributed by atoms with van der Waals surface area (Å²) in [6.45, 7) is 3.89. The lowest BCUT2D eigenvalue weighted by molar-refractivity contribution is 0.0697. The largest absolute Gasteiger partial charge is 0.409 e. The first-order chi connectivity index (χ1) is 16.8. The van der Waals surface area contributed by atoms with Crippen LogP contribution in [-0.4, -0.2) is 71.8 Å². The summed E-state index contributed by atoms with van der Waals surface area (Å²) in [5.74, 6) is -0.151. The number of nitrogens with zero attached hydrogens (tertiary/aromatic N) is 4. The first kappa shape index (κ1) is 23.7. The molecule has 1 unspecified atom stereocenters. The molecule has 0 radical (unpaired) electrons. The number of benzene rings is 2. The number of hydrogen-bond donors (Lipinski definition) is 3. The highest BCUT2D eigenvalue weighted by molar-refractivity contribution is 7.89. The highest BCUT2D eigenvalue weighted by Crippen LogP contribution is 2.26. The van der Waals surface area contributed by atoms with Crippen LogP contribution in [0.25, 0.3) is 10.8 Å². The molecule has 0 aliphatic carbocycles. The normalized spacial score (nSPS) is 19.6.